The van der Waals surface area contributed by atoms with E-state index < -0.39 is 15.9 Å². The number of hydrogen-bond acceptors (Lipinski definition) is 5. The van der Waals surface area contributed by atoms with Gasteiger partial charge in [0.05, 0.1) is 17.3 Å². The number of benzene rings is 1. The van der Waals surface area contributed by atoms with E-state index in [1.807, 2.05) is 24.3 Å². The summed E-state index contributed by atoms with van der Waals surface area (Å²) in [6, 6.07) is 8.61. The van der Waals surface area contributed by atoms with E-state index in [2.05, 4.69) is 4.98 Å². The number of nitrogens with two attached hydrogens (primary N) is 1. The highest BCUT2D eigenvalue weighted by molar-refractivity contribution is 7.90. The SMILES string of the molecule is CS(=O)(=O)CCC(N)C(=O)Cc1ccnc2ccccc12. The Morgan fingerprint density at radius 2 is 2.00 bits per heavy atom. The molecule has 0 saturated carbocycles. The molecular weight excluding hydrogens is 288 g/mol. The van der Waals surface area contributed by atoms with Gasteiger partial charge in [0.25, 0.3) is 0 Å². The summed E-state index contributed by atoms with van der Waals surface area (Å²) in [6.45, 7) is 0. The fourth-order valence-corrected chi connectivity index (χ4v) is 2.81. The summed E-state index contributed by atoms with van der Waals surface area (Å²) in [5, 5.41) is 0.920. The highest BCUT2D eigenvalue weighted by Gasteiger charge is 2.17. The Labute approximate surface area is 124 Å². The van der Waals surface area contributed by atoms with Gasteiger partial charge in [0.15, 0.2) is 5.78 Å². The lowest BCUT2D eigenvalue weighted by atomic mass is 10.00. The summed E-state index contributed by atoms with van der Waals surface area (Å²) >= 11 is 0. The van der Waals surface area contributed by atoms with Crippen LogP contribution in [0.5, 0.6) is 0 Å². The van der Waals surface area contributed by atoms with Crippen LogP contribution in [0.15, 0.2) is 36.5 Å². The molecule has 1 aromatic heterocycles. The average Bonchev–Trinajstić information content (AvgIpc) is 2.44. The molecule has 2 N–H and O–H groups in total. The molecule has 1 heterocycles. The second kappa shape index (κ2) is 6.32. The maximum atomic E-state index is 12.1. The van der Waals surface area contributed by atoms with Crippen molar-refractivity contribution >= 4 is 26.5 Å². The highest BCUT2D eigenvalue weighted by atomic mass is 32.2. The minimum absolute atomic E-state index is 0.0724. The van der Waals surface area contributed by atoms with Crippen LogP contribution in [0.4, 0.5) is 0 Å². The van der Waals surface area contributed by atoms with Crippen molar-refractivity contribution in [2.24, 2.45) is 5.73 Å². The molecule has 0 aliphatic carbocycles. The zero-order valence-corrected chi connectivity index (χ0v) is 12.6. The third kappa shape index (κ3) is 4.34. The van der Waals surface area contributed by atoms with Gasteiger partial charge in [-0.1, -0.05) is 18.2 Å². The van der Waals surface area contributed by atoms with Crippen LogP contribution in [-0.2, 0) is 21.1 Å². The number of carbonyl (C=O) groups excluding carboxylic acids is 1. The number of sulfone groups is 1. The summed E-state index contributed by atoms with van der Waals surface area (Å²) < 4.78 is 22.2. The van der Waals surface area contributed by atoms with Crippen LogP contribution in [0, 0.1) is 0 Å². The molecule has 1 aromatic carbocycles. The summed E-state index contributed by atoms with van der Waals surface area (Å²) in [4.78, 5) is 16.4. The molecule has 2 rings (SSSR count). The number of ketones is 1. The lowest BCUT2D eigenvalue weighted by Gasteiger charge is -2.11. The van der Waals surface area contributed by atoms with E-state index in [-0.39, 0.29) is 24.4 Å². The molecule has 2 aromatic rings. The maximum Gasteiger partial charge on any atom is 0.153 e. The van der Waals surface area contributed by atoms with Crippen molar-refractivity contribution in [1.82, 2.24) is 4.98 Å². The number of pyridine rings is 1. The number of fused-ring (bicyclic) bond motifs is 1. The van der Waals surface area contributed by atoms with Gasteiger partial charge in [-0.2, -0.15) is 0 Å². The van der Waals surface area contributed by atoms with Crippen LogP contribution in [0.2, 0.25) is 0 Å². The number of nitrogens with zero attached hydrogens (tertiary/aromatic N) is 1. The molecule has 0 saturated heterocycles. The first-order valence-electron chi connectivity index (χ1n) is 6.65. The van der Waals surface area contributed by atoms with Gasteiger partial charge in [-0.15, -0.1) is 0 Å². The van der Waals surface area contributed by atoms with E-state index in [0.717, 1.165) is 22.7 Å². The quantitative estimate of drug-likeness (QED) is 0.863. The highest BCUT2D eigenvalue weighted by Crippen LogP contribution is 2.17. The van der Waals surface area contributed by atoms with Crippen LogP contribution in [0.3, 0.4) is 0 Å². The van der Waals surface area contributed by atoms with Crippen molar-refractivity contribution in [1.29, 1.82) is 0 Å². The molecule has 112 valence electrons. The minimum Gasteiger partial charge on any atom is -0.321 e. The Kier molecular flexibility index (Phi) is 4.69. The van der Waals surface area contributed by atoms with Crippen molar-refractivity contribution in [3.63, 3.8) is 0 Å². The van der Waals surface area contributed by atoms with Gasteiger partial charge in [-0.25, -0.2) is 8.42 Å². The predicted molar refractivity (Wildman–Crippen MR) is 82.8 cm³/mol. The van der Waals surface area contributed by atoms with E-state index in [0.29, 0.717) is 0 Å². The third-order valence-corrected chi connectivity index (χ3v) is 4.29. The standard InChI is InChI=1S/C15H18N2O3S/c1-21(19,20)9-7-13(16)15(18)10-11-6-8-17-14-5-3-2-4-12(11)14/h2-6,8,13H,7,9-10,16H2,1H3. The fourth-order valence-electron chi connectivity index (χ4n) is 2.13. The number of hydrogen-bond donors (Lipinski definition) is 1. The van der Waals surface area contributed by atoms with Crippen molar-refractivity contribution < 1.29 is 13.2 Å². The van der Waals surface area contributed by atoms with Crippen LogP contribution in [0.25, 0.3) is 10.9 Å². The monoisotopic (exact) mass is 306 g/mol. The molecule has 0 bridgehead atoms. The van der Waals surface area contributed by atoms with E-state index in [1.165, 1.54) is 0 Å². The molecule has 1 unspecified atom stereocenters. The molecule has 0 aliphatic heterocycles. The van der Waals surface area contributed by atoms with Gasteiger partial charge in [-0.3, -0.25) is 9.78 Å². The zero-order chi connectivity index (χ0) is 15.5. The molecule has 0 spiro atoms. The maximum absolute atomic E-state index is 12.1. The van der Waals surface area contributed by atoms with Gasteiger partial charge >= 0.3 is 0 Å². The molecule has 0 fully saturated rings. The Bertz CT molecular complexity index is 751. The zero-order valence-electron chi connectivity index (χ0n) is 11.8. The van der Waals surface area contributed by atoms with Crippen molar-refractivity contribution in [3.8, 4) is 0 Å². The Morgan fingerprint density at radius 3 is 2.71 bits per heavy atom. The number of para-hydroxylation sites is 1. The van der Waals surface area contributed by atoms with E-state index in [4.69, 9.17) is 5.73 Å². The van der Waals surface area contributed by atoms with Crippen LogP contribution in [-0.4, -0.2) is 37.2 Å². The van der Waals surface area contributed by atoms with Gasteiger partial charge in [0, 0.05) is 24.3 Å². The summed E-state index contributed by atoms with van der Waals surface area (Å²) in [5.41, 5.74) is 7.47. The van der Waals surface area contributed by atoms with Crippen molar-refractivity contribution in [2.45, 2.75) is 18.9 Å². The first-order chi connectivity index (χ1) is 9.87. The molecule has 0 aliphatic rings. The number of carbonyl (C=O) groups is 1. The fraction of sp³-hybridized carbons (Fsp3) is 0.333. The average molecular weight is 306 g/mol. The normalized spacial score (nSPS) is 13.2. The second-order valence-corrected chi connectivity index (χ2v) is 7.42. The molecule has 5 nitrogen and oxygen atoms in total. The first-order valence-corrected chi connectivity index (χ1v) is 8.71. The summed E-state index contributed by atoms with van der Waals surface area (Å²) in [7, 11) is -3.10. The van der Waals surface area contributed by atoms with E-state index in [1.54, 1.807) is 12.3 Å². The molecule has 0 amide bonds. The Hall–Kier alpha value is -1.79. The molecule has 6 heteroatoms. The predicted octanol–water partition coefficient (Wildman–Crippen LogP) is 1.11. The first kappa shape index (κ1) is 15.6. The van der Waals surface area contributed by atoms with E-state index >= 15 is 0 Å². The lowest BCUT2D eigenvalue weighted by Crippen LogP contribution is -2.33. The molecular formula is C15H18N2O3S. The van der Waals surface area contributed by atoms with Crippen LogP contribution >= 0.6 is 0 Å². The van der Waals surface area contributed by atoms with Gasteiger partial charge < -0.3 is 5.73 Å². The van der Waals surface area contributed by atoms with Gasteiger partial charge in [0.1, 0.15) is 9.84 Å². The number of Topliss-reactive ketones (excluding diaryl/α,β-unsaturated/α-hetero) is 1. The third-order valence-electron chi connectivity index (χ3n) is 3.32. The topological polar surface area (TPSA) is 90.1 Å². The lowest BCUT2D eigenvalue weighted by molar-refractivity contribution is -0.119. The van der Waals surface area contributed by atoms with Crippen LogP contribution < -0.4 is 5.73 Å². The Balaban J connectivity index is 2.11. The molecule has 0 radical (unpaired) electrons. The summed E-state index contributed by atoms with van der Waals surface area (Å²) in [5.74, 6) is -0.230. The molecule has 1 atom stereocenters. The summed E-state index contributed by atoms with van der Waals surface area (Å²) in [6.07, 6.45) is 3.14. The van der Waals surface area contributed by atoms with Gasteiger partial charge in [0.2, 0.25) is 0 Å². The number of aromatic nitrogens is 1. The largest absolute Gasteiger partial charge is 0.321 e. The van der Waals surface area contributed by atoms with Crippen LogP contribution in [0.1, 0.15) is 12.0 Å². The Morgan fingerprint density at radius 1 is 1.29 bits per heavy atom. The van der Waals surface area contributed by atoms with Gasteiger partial charge in [-0.05, 0) is 24.1 Å². The minimum atomic E-state index is -3.10. The smallest absolute Gasteiger partial charge is 0.153 e. The van der Waals surface area contributed by atoms with Crippen molar-refractivity contribution in [3.05, 3.63) is 42.1 Å². The number of rotatable bonds is 6. The van der Waals surface area contributed by atoms with Crippen molar-refractivity contribution in [2.75, 3.05) is 12.0 Å². The van der Waals surface area contributed by atoms with E-state index in [9.17, 15) is 13.2 Å². The second-order valence-electron chi connectivity index (χ2n) is 5.16. The molecule has 21 heavy (non-hydrogen) atoms.